The molecule has 1 unspecified atom stereocenters. The molecule has 1 N–H and O–H groups in total. The molecule has 0 bridgehead atoms. The molecule has 0 saturated heterocycles. The highest BCUT2D eigenvalue weighted by atomic mass is 79.9. The van der Waals surface area contributed by atoms with Gasteiger partial charge in [-0.1, -0.05) is 22.0 Å². The lowest BCUT2D eigenvalue weighted by atomic mass is 9.97. The molecule has 2 rings (SSSR count). The van der Waals surface area contributed by atoms with E-state index in [1.807, 2.05) is 18.2 Å². The average Bonchev–Trinajstić information content (AvgIpc) is 2.46. The van der Waals surface area contributed by atoms with E-state index in [4.69, 9.17) is 4.74 Å². The van der Waals surface area contributed by atoms with E-state index in [2.05, 4.69) is 21.2 Å². The Labute approximate surface area is 131 Å². The van der Waals surface area contributed by atoms with Crippen LogP contribution in [0.2, 0.25) is 0 Å². The molecule has 0 aliphatic carbocycles. The fraction of sp³-hybridized carbons (Fsp3) is 0.250. The number of hydrogen-bond donors (Lipinski definition) is 1. The molecule has 1 atom stereocenters. The molecule has 2 nitrogen and oxygen atoms in total. The zero-order chi connectivity index (χ0) is 15.4. The highest BCUT2D eigenvalue weighted by Crippen LogP contribution is 2.29. The standard InChI is InChI=1S/C16H16BrF2NO/c1-20-14(16-12(18)4-3-5-13(16)19)9-10-8-11(17)6-7-15(10)21-2/h3-8,14,20H,9H2,1-2H3. The van der Waals surface area contributed by atoms with Gasteiger partial charge in [-0.25, -0.2) is 8.78 Å². The van der Waals surface area contributed by atoms with E-state index in [-0.39, 0.29) is 5.56 Å². The Morgan fingerprint density at radius 3 is 2.43 bits per heavy atom. The van der Waals surface area contributed by atoms with Gasteiger partial charge >= 0.3 is 0 Å². The summed E-state index contributed by atoms with van der Waals surface area (Å²) in [6.45, 7) is 0. The maximum absolute atomic E-state index is 13.9. The minimum Gasteiger partial charge on any atom is -0.496 e. The van der Waals surface area contributed by atoms with E-state index < -0.39 is 17.7 Å². The molecule has 0 aliphatic heterocycles. The molecule has 0 spiro atoms. The Bertz CT molecular complexity index is 613. The molecular weight excluding hydrogens is 340 g/mol. The van der Waals surface area contributed by atoms with E-state index in [0.29, 0.717) is 12.2 Å². The average molecular weight is 356 g/mol. The molecule has 5 heteroatoms. The highest BCUT2D eigenvalue weighted by molar-refractivity contribution is 9.10. The van der Waals surface area contributed by atoms with Crippen molar-refractivity contribution in [3.05, 3.63) is 63.6 Å². The zero-order valence-corrected chi connectivity index (χ0v) is 13.4. The molecule has 0 saturated carbocycles. The quantitative estimate of drug-likeness (QED) is 0.865. The molecule has 0 fully saturated rings. The Morgan fingerprint density at radius 2 is 1.86 bits per heavy atom. The summed E-state index contributed by atoms with van der Waals surface area (Å²) in [5, 5.41) is 2.97. The topological polar surface area (TPSA) is 21.3 Å². The Balaban J connectivity index is 2.38. The lowest BCUT2D eigenvalue weighted by Gasteiger charge is -2.19. The summed E-state index contributed by atoms with van der Waals surface area (Å²) >= 11 is 3.40. The highest BCUT2D eigenvalue weighted by Gasteiger charge is 2.20. The molecule has 0 heterocycles. The summed E-state index contributed by atoms with van der Waals surface area (Å²) in [6, 6.07) is 8.99. The molecule has 112 valence electrons. The molecule has 21 heavy (non-hydrogen) atoms. The first kappa shape index (κ1) is 15.9. The largest absolute Gasteiger partial charge is 0.496 e. The van der Waals surface area contributed by atoms with Crippen LogP contribution in [-0.4, -0.2) is 14.2 Å². The van der Waals surface area contributed by atoms with Gasteiger partial charge in [0.15, 0.2) is 0 Å². The Morgan fingerprint density at radius 1 is 1.19 bits per heavy atom. The van der Waals surface area contributed by atoms with Gasteiger partial charge in [0.25, 0.3) is 0 Å². The number of rotatable bonds is 5. The van der Waals surface area contributed by atoms with Crippen LogP contribution in [0, 0.1) is 11.6 Å². The minimum absolute atomic E-state index is 0.0435. The van der Waals surface area contributed by atoms with Gasteiger partial charge in [-0.15, -0.1) is 0 Å². The van der Waals surface area contributed by atoms with E-state index in [9.17, 15) is 8.78 Å². The molecule has 0 aromatic heterocycles. The van der Waals surface area contributed by atoms with Gasteiger partial charge in [-0.3, -0.25) is 0 Å². The van der Waals surface area contributed by atoms with Gasteiger partial charge in [-0.2, -0.15) is 0 Å². The third kappa shape index (κ3) is 3.60. The smallest absolute Gasteiger partial charge is 0.130 e. The second-order valence-electron chi connectivity index (χ2n) is 4.64. The third-order valence-corrected chi connectivity index (χ3v) is 3.86. The maximum atomic E-state index is 13.9. The first-order valence-electron chi connectivity index (χ1n) is 6.50. The lowest BCUT2D eigenvalue weighted by Crippen LogP contribution is -2.21. The summed E-state index contributed by atoms with van der Waals surface area (Å²) in [6.07, 6.45) is 0.414. The van der Waals surface area contributed by atoms with Crippen molar-refractivity contribution in [2.45, 2.75) is 12.5 Å². The SMILES string of the molecule is CNC(Cc1cc(Br)ccc1OC)c1c(F)cccc1F. The maximum Gasteiger partial charge on any atom is 0.130 e. The van der Waals surface area contributed by atoms with Crippen molar-refractivity contribution in [3.8, 4) is 5.75 Å². The van der Waals surface area contributed by atoms with Crippen LogP contribution >= 0.6 is 15.9 Å². The van der Waals surface area contributed by atoms with Crippen LogP contribution < -0.4 is 10.1 Å². The van der Waals surface area contributed by atoms with E-state index in [0.717, 1.165) is 10.0 Å². The van der Waals surface area contributed by atoms with Crippen LogP contribution in [0.4, 0.5) is 8.78 Å². The van der Waals surface area contributed by atoms with Gasteiger partial charge in [0.1, 0.15) is 17.4 Å². The van der Waals surface area contributed by atoms with Crippen molar-refractivity contribution >= 4 is 15.9 Å². The lowest BCUT2D eigenvalue weighted by molar-refractivity contribution is 0.404. The molecule has 0 aliphatic rings. The van der Waals surface area contributed by atoms with Crippen molar-refractivity contribution in [1.82, 2.24) is 5.32 Å². The summed E-state index contributed by atoms with van der Waals surface area (Å²) in [5.41, 5.74) is 0.913. The van der Waals surface area contributed by atoms with Crippen LogP contribution in [0.3, 0.4) is 0 Å². The summed E-state index contributed by atoms with van der Waals surface area (Å²) in [7, 11) is 3.26. The normalized spacial score (nSPS) is 12.2. The summed E-state index contributed by atoms with van der Waals surface area (Å²) in [5.74, 6) is -0.415. The van der Waals surface area contributed by atoms with E-state index in [1.165, 1.54) is 18.2 Å². The zero-order valence-electron chi connectivity index (χ0n) is 11.8. The van der Waals surface area contributed by atoms with Gasteiger partial charge in [0.2, 0.25) is 0 Å². The first-order chi connectivity index (χ1) is 10.1. The van der Waals surface area contributed by atoms with Gasteiger partial charge < -0.3 is 10.1 Å². The number of methoxy groups -OCH3 is 1. The molecule has 2 aromatic carbocycles. The van der Waals surface area contributed by atoms with Gasteiger partial charge in [0.05, 0.1) is 7.11 Å². The van der Waals surface area contributed by atoms with Crippen LogP contribution in [-0.2, 0) is 6.42 Å². The van der Waals surface area contributed by atoms with Gasteiger partial charge in [0, 0.05) is 16.1 Å². The van der Waals surface area contributed by atoms with Crippen molar-refractivity contribution in [1.29, 1.82) is 0 Å². The van der Waals surface area contributed by atoms with E-state index in [1.54, 1.807) is 14.2 Å². The second kappa shape index (κ2) is 7.00. The van der Waals surface area contributed by atoms with Crippen molar-refractivity contribution in [2.24, 2.45) is 0 Å². The van der Waals surface area contributed by atoms with Crippen molar-refractivity contribution in [3.63, 3.8) is 0 Å². The van der Waals surface area contributed by atoms with Crippen LogP contribution in [0.15, 0.2) is 40.9 Å². The number of nitrogens with one attached hydrogen (secondary N) is 1. The van der Waals surface area contributed by atoms with Crippen molar-refractivity contribution in [2.75, 3.05) is 14.2 Å². The molecule has 0 radical (unpaired) electrons. The number of benzene rings is 2. The fourth-order valence-electron chi connectivity index (χ4n) is 2.32. The summed E-state index contributed by atoms with van der Waals surface area (Å²) < 4.78 is 34.1. The third-order valence-electron chi connectivity index (χ3n) is 3.36. The summed E-state index contributed by atoms with van der Waals surface area (Å²) in [4.78, 5) is 0. The fourth-order valence-corrected chi connectivity index (χ4v) is 2.73. The van der Waals surface area contributed by atoms with Crippen LogP contribution in [0.1, 0.15) is 17.2 Å². The Kier molecular flexibility index (Phi) is 5.31. The van der Waals surface area contributed by atoms with E-state index >= 15 is 0 Å². The minimum atomic E-state index is -0.552. The molecular formula is C16H16BrF2NO. The monoisotopic (exact) mass is 355 g/mol. The predicted molar refractivity (Wildman–Crippen MR) is 82.6 cm³/mol. The van der Waals surface area contributed by atoms with Crippen molar-refractivity contribution < 1.29 is 13.5 Å². The number of halogens is 3. The first-order valence-corrected chi connectivity index (χ1v) is 7.29. The van der Waals surface area contributed by atoms with Gasteiger partial charge in [-0.05, 0) is 49.4 Å². The predicted octanol–water partition coefficient (Wildman–Crippen LogP) is 4.24. The number of likely N-dealkylation sites (N-methyl/N-ethyl adjacent to an activating group) is 1. The molecule has 2 aromatic rings. The van der Waals surface area contributed by atoms with Crippen LogP contribution in [0.5, 0.6) is 5.75 Å². The second-order valence-corrected chi connectivity index (χ2v) is 5.55. The molecule has 0 amide bonds. The number of ether oxygens (including phenoxy) is 1. The number of hydrogen-bond acceptors (Lipinski definition) is 2. The Hall–Kier alpha value is -1.46. The van der Waals surface area contributed by atoms with Crippen LogP contribution in [0.25, 0.3) is 0 Å².